The molecule has 2 aromatic carbocycles. The highest BCUT2D eigenvalue weighted by atomic mass is 35.5. The fourth-order valence-electron chi connectivity index (χ4n) is 2.82. The van der Waals surface area contributed by atoms with Gasteiger partial charge < -0.3 is 15.5 Å². The first kappa shape index (κ1) is 20.1. The quantitative estimate of drug-likeness (QED) is 0.758. The zero-order chi connectivity index (χ0) is 19.9. The lowest BCUT2D eigenvalue weighted by molar-refractivity contribution is -0.120. The molecular weight excluding hydrogens is 396 g/mol. The second kappa shape index (κ2) is 9.49. The highest BCUT2D eigenvalue weighted by molar-refractivity contribution is 7.99. The highest BCUT2D eigenvalue weighted by Crippen LogP contribution is 2.29. The van der Waals surface area contributed by atoms with Crippen molar-refractivity contribution in [2.24, 2.45) is 0 Å². The number of anilines is 2. The van der Waals surface area contributed by atoms with E-state index in [1.54, 1.807) is 24.3 Å². The molecule has 1 aliphatic heterocycles. The van der Waals surface area contributed by atoms with Gasteiger partial charge in [0.2, 0.25) is 11.8 Å². The van der Waals surface area contributed by atoms with Crippen molar-refractivity contribution in [2.45, 2.75) is 5.75 Å². The first-order valence-electron chi connectivity index (χ1n) is 8.73. The molecule has 0 bridgehead atoms. The second-order valence-electron chi connectivity index (χ2n) is 6.29. The van der Waals surface area contributed by atoms with Crippen LogP contribution in [-0.4, -0.2) is 37.2 Å². The molecule has 2 aromatic rings. The van der Waals surface area contributed by atoms with E-state index < -0.39 is 0 Å². The summed E-state index contributed by atoms with van der Waals surface area (Å²) in [6.45, 7) is 1.56. The van der Waals surface area contributed by atoms with Gasteiger partial charge in [-0.2, -0.15) is 5.26 Å². The molecule has 6 nitrogen and oxygen atoms in total. The normalized spacial score (nSPS) is 13.6. The van der Waals surface area contributed by atoms with Gasteiger partial charge in [-0.25, -0.2) is 0 Å². The molecule has 1 saturated heterocycles. The van der Waals surface area contributed by atoms with E-state index in [1.807, 2.05) is 23.1 Å². The number of hydrogen-bond acceptors (Lipinski definition) is 5. The summed E-state index contributed by atoms with van der Waals surface area (Å²) in [5.74, 6) is 0.861. The van der Waals surface area contributed by atoms with Crippen molar-refractivity contribution in [1.29, 1.82) is 5.26 Å². The highest BCUT2D eigenvalue weighted by Gasteiger charge is 2.18. The van der Waals surface area contributed by atoms with Crippen molar-refractivity contribution in [1.82, 2.24) is 5.32 Å². The summed E-state index contributed by atoms with van der Waals surface area (Å²) in [4.78, 5) is 25.6. The summed E-state index contributed by atoms with van der Waals surface area (Å²) in [6, 6.07) is 14.7. The number of halogens is 1. The summed E-state index contributed by atoms with van der Waals surface area (Å²) in [5.41, 5.74) is 3.09. The van der Waals surface area contributed by atoms with Crippen molar-refractivity contribution >= 4 is 46.6 Å². The van der Waals surface area contributed by atoms with E-state index in [4.69, 9.17) is 16.9 Å². The number of nitrogens with zero attached hydrogens (tertiary/aromatic N) is 2. The minimum absolute atomic E-state index is 0.0287. The standard InChI is InChI=1S/C20H19ClN4O2S/c21-17-9-16(5-6-18(17)25-8-7-23-19(26)11-25)24-20(27)13-28-12-15-3-1-14(10-22)2-4-15/h1-6,9H,7-8,11-13H2,(H,23,26)(H,24,27). The van der Waals surface area contributed by atoms with E-state index in [0.717, 1.165) is 11.3 Å². The zero-order valence-corrected chi connectivity index (χ0v) is 16.6. The van der Waals surface area contributed by atoms with Crippen LogP contribution in [0.1, 0.15) is 11.1 Å². The Balaban J connectivity index is 1.50. The Bertz CT molecular complexity index is 911. The Morgan fingerprint density at radius 3 is 2.75 bits per heavy atom. The maximum absolute atomic E-state index is 12.2. The van der Waals surface area contributed by atoms with Crippen LogP contribution in [0, 0.1) is 11.3 Å². The van der Waals surface area contributed by atoms with Gasteiger partial charge in [-0.15, -0.1) is 11.8 Å². The molecular formula is C20H19ClN4O2S. The van der Waals surface area contributed by atoms with Gasteiger partial charge in [0.15, 0.2) is 0 Å². The number of rotatable bonds is 6. The van der Waals surface area contributed by atoms with Crippen molar-refractivity contribution in [3.05, 3.63) is 58.6 Å². The summed E-state index contributed by atoms with van der Waals surface area (Å²) >= 11 is 7.85. The van der Waals surface area contributed by atoms with Crippen LogP contribution in [0.2, 0.25) is 5.02 Å². The topological polar surface area (TPSA) is 85.2 Å². The molecule has 0 aliphatic carbocycles. The fourth-order valence-corrected chi connectivity index (χ4v) is 3.91. The fraction of sp³-hybridized carbons (Fsp3) is 0.250. The number of thioether (sulfide) groups is 1. The van der Waals surface area contributed by atoms with E-state index in [-0.39, 0.29) is 18.4 Å². The lowest BCUT2D eigenvalue weighted by Gasteiger charge is -2.29. The molecule has 1 aliphatic rings. The molecule has 8 heteroatoms. The van der Waals surface area contributed by atoms with E-state index in [0.29, 0.717) is 40.9 Å². The van der Waals surface area contributed by atoms with Crippen LogP contribution in [0.15, 0.2) is 42.5 Å². The average molecular weight is 415 g/mol. The van der Waals surface area contributed by atoms with E-state index >= 15 is 0 Å². The maximum atomic E-state index is 12.2. The van der Waals surface area contributed by atoms with E-state index in [2.05, 4.69) is 16.7 Å². The number of hydrogen-bond donors (Lipinski definition) is 2. The van der Waals surface area contributed by atoms with Crippen molar-refractivity contribution in [2.75, 3.05) is 35.6 Å². The van der Waals surface area contributed by atoms with Crippen LogP contribution in [0.3, 0.4) is 0 Å². The Labute approximate surface area is 172 Å². The van der Waals surface area contributed by atoms with E-state index in [9.17, 15) is 9.59 Å². The Morgan fingerprint density at radius 1 is 1.29 bits per heavy atom. The third-order valence-electron chi connectivity index (χ3n) is 4.20. The van der Waals surface area contributed by atoms with Crippen LogP contribution in [0.4, 0.5) is 11.4 Å². The third-order valence-corrected chi connectivity index (χ3v) is 5.50. The lowest BCUT2D eigenvalue weighted by Crippen LogP contribution is -2.47. The van der Waals surface area contributed by atoms with Gasteiger partial charge in [-0.3, -0.25) is 9.59 Å². The molecule has 1 fully saturated rings. The number of piperazine rings is 1. The Hall–Kier alpha value is -2.69. The lowest BCUT2D eigenvalue weighted by atomic mass is 10.2. The molecule has 3 rings (SSSR count). The van der Waals surface area contributed by atoms with Crippen LogP contribution in [0.25, 0.3) is 0 Å². The number of carbonyl (C=O) groups is 2. The van der Waals surface area contributed by atoms with E-state index in [1.165, 1.54) is 11.8 Å². The van der Waals surface area contributed by atoms with Gasteiger partial charge in [0.05, 0.1) is 34.6 Å². The van der Waals surface area contributed by atoms with Gasteiger partial charge in [-0.1, -0.05) is 23.7 Å². The molecule has 0 radical (unpaired) electrons. The monoisotopic (exact) mass is 414 g/mol. The molecule has 144 valence electrons. The summed E-state index contributed by atoms with van der Waals surface area (Å²) in [7, 11) is 0. The zero-order valence-electron chi connectivity index (χ0n) is 15.1. The second-order valence-corrected chi connectivity index (χ2v) is 7.68. The molecule has 0 unspecified atom stereocenters. The minimum Gasteiger partial charge on any atom is -0.359 e. The summed E-state index contributed by atoms with van der Waals surface area (Å²) in [5, 5.41) is 14.9. The van der Waals surface area contributed by atoms with Gasteiger partial charge >= 0.3 is 0 Å². The minimum atomic E-state index is -0.111. The molecule has 1 heterocycles. The van der Waals surface area contributed by atoms with Gasteiger partial charge in [0.1, 0.15) is 0 Å². The predicted molar refractivity (Wildman–Crippen MR) is 113 cm³/mol. The van der Waals surface area contributed by atoms with Crippen molar-refractivity contribution < 1.29 is 9.59 Å². The molecule has 0 saturated carbocycles. The molecule has 0 atom stereocenters. The number of amides is 2. The molecule has 0 spiro atoms. The first-order valence-corrected chi connectivity index (χ1v) is 10.3. The number of benzene rings is 2. The Morgan fingerprint density at radius 2 is 2.07 bits per heavy atom. The first-order chi connectivity index (χ1) is 13.5. The molecule has 2 amide bonds. The van der Waals surface area contributed by atoms with Crippen LogP contribution in [0.5, 0.6) is 0 Å². The molecule has 28 heavy (non-hydrogen) atoms. The van der Waals surface area contributed by atoms with Crippen LogP contribution in [-0.2, 0) is 15.3 Å². The molecule has 0 aromatic heterocycles. The average Bonchev–Trinajstić information content (AvgIpc) is 2.68. The van der Waals surface area contributed by atoms with Crippen molar-refractivity contribution in [3.8, 4) is 6.07 Å². The Kier molecular flexibility index (Phi) is 6.80. The smallest absolute Gasteiger partial charge is 0.239 e. The maximum Gasteiger partial charge on any atom is 0.239 e. The van der Waals surface area contributed by atoms with Gasteiger partial charge in [-0.05, 0) is 35.9 Å². The van der Waals surface area contributed by atoms with Crippen molar-refractivity contribution in [3.63, 3.8) is 0 Å². The SMILES string of the molecule is N#Cc1ccc(CSCC(=O)Nc2ccc(N3CCNC(=O)C3)c(Cl)c2)cc1. The molecule has 2 N–H and O–H groups in total. The largest absolute Gasteiger partial charge is 0.359 e. The summed E-state index contributed by atoms with van der Waals surface area (Å²) in [6.07, 6.45) is 0. The number of nitrogens with one attached hydrogen (secondary N) is 2. The summed E-state index contributed by atoms with van der Waals surface area (Å²) < 4.78 is 0. The van der Waals surface area contributed by atoms with Crippen LogP contribution < -0.4 is 15.5 Å². The predicted octanol–water partition coefficient (Wildman–Crippen LogP) is 3.02. The van der Waals surface area contributed by atoms with Gasteiger partial charge in [0, 0.05) is 24.5 Å². The number of nitriles is 1. The van der Waals surface area contributed by atoms with Crippen LogP contribution >= 0.6 is 23.4 Å². The third kappa shape index (κ3) is 5.41. The number of carbonyl (C=O) groups excluding carboxylic acids is 2. The van der Waals surface area contributed by atoms with Gasteiger partial charge in [0.25, 0.3) is 0 Å².